The van der Waals surface area contributed by atoms with Crippen molar-refractivity contribution in [3.63, 3.8) is 0 Å². The first kappa shape index (κ1) is 14.2. The average molecular weight is 281 g/mol. The second-order valence-electron chi connectivity index (χ2n) is 4.95. The first-order valence-corrected chi connectivity index (χ1v) is 7.43. The van der Waals surface area contributed by atoms with Gasteiger partial charge in [-0.25, -0.2) is 0 Å². The number of carbonyl (C=O) groups excluding carboxylic acids is 2. The molecule has 1 fully saturated rings. The van der Waals surface area contributed by atoms with Crippen molar-refractivity contribution in [2.75, 3.05) is 6.54 Å². The molecule has 0 aliphatic carbocycles. The molecule has 0 radical (unpaired) electrons. The van der Waals surface area contributed by atoms with E-state index in [0.717, 1.165) is 18.6 Å². The Hall–Kier alpha value is -1.23. The normalized spacial score (nSPS) is 20.8. The van der Waals surface area contributed by atoms with E-state index >= 15 is 0 Å². The fourth-order valence-corrected chi connectivity index (χ4v) is 3.33. The van der Waals surface area contributed by atoms with Crippen LogP contribution < -0.4 is 0 Å². The van der Waals surface area contributed by atoms with Gasteiger partial charge in [0.15, 0.2) is 5.12 Å². The maximum absolute atomic E-state index is 11.9. The molecule has 2 rings (SSSR count). The molecule has 0 bridgehead atoms. The summed E-state index contributed by atoms with van der Waals surface area (Å²) in [5.74, 6) is 1.11. The summed E-state index contributed by atoms with van der Waals surface area (Å²) in [7, 11) is 0. The maximum Gasteiger partial charge on any atom is 0.224 e. The highest BCUT2D eigenvalue weighted by atomic mass is 32.2. The third-order valence-corrected chi connectivity index (χ3v) is 4.36. The molecule has 2 atom stereocenters. The molecular formula is C14H19NO3S. The van der Waals surface area contributed by atoms with E-state index < -0.39 is 0 Å². The Balaban J connectivity index is 1.83. The van der Waals surface area contributed by atoms with Crippen molar-refractivity contribution < 1.29 is 14.0 Å². The first-order valence-electron chi connectivity index (χ1n) is 6.55. The molecule has 1 saturated heterocycles. The number of hydrogen-bond donors (Lipinski definition) is 0. The quantitative estimate of drug-likeness (QED) is 0.832. The molecule has 1 amide bonds. The molecule has 0 aromatic carbocycles. The lowest BCUT2D eigenvalue weighted by molar-refractivity contribution is -0.129. The van der Waals surface area contributed by atoms with E-state index in [-0.39, 0.29) is 22.3 Å². The molecule has 1 aliphatic rings. The van der Waals surface area contributed by atoms with Crippen LogP contribution >= 0.6 is 11.8 Å². The lowest BCUT2D eigenvalue weighted by atomic mass is 10.1. The van der Waals surface area contributed by atoms with Crippen LogP contribution in [0.1, 0.15) is 32.4 Å². The van der Waals surface area contributed by atoms with Gasteiger partial charge in [-0.15, -0.1) is 0 Å². The molecule has 104 valence electrons. The van der Waals surface area contributed by atoms with Crippen molar-refractivity contribution in [2.24, 2.45) is 0 Å². The summed E-state index contributed by atoms with van der Waals surface area (Å²) in [6, 6.07) is 4.02. The van der Waals surface area contributed by atoms with Crippen LogP contribution in [0.3, 0.4) is 0 Å². The summed E-state index contributed by atoms with van der Waals surface area (Å²) in [5, 5.41) is 0.207. The summed E-state index contributed by atoms with van der Waals surface area (Å²) in [4.78, 5) is 24.9. The number of likely N-dealkylation sites (tertiary alicyclic amines) is 1. The smallest absolute Gasteiger partial charge is 0.224 e. The van der Waals surface area contributed by atoms with Crippen molar-refractivity contribution in [3.05, 3.63) is 24.2 Å². The third-order valence-electron chi connectivity index (χ3n) is 3.38. The predicted octanol–water partition coefficient (Wildman–Crippen LogP) is 2.48. The number of aryl methyl sites for hydroxylation is 1. The minimum atomic E-state index is 0.0860. The van der Waals surface area contributed by atoms with Crippen LogP contribution in [-0.4, -0.2) is 33.8 Å². The van der Waals surface area contributed by atoms with Crippen LogP contribution in [-0.2, 0) is 16.0 Å². The van der Waals surface area contributed by atoms with E-state index in [9.17, 15) is 9.59 Å². The van der Waals surface area contributed by atoms with Gasteiger partial charge in [-0.1, -0.05) is 11.8 Å². The van der Waals surface area contributed by atoms with Crippen molar-refractivity contribution in [3.8, 4) is 0 Å². The van der Waals surface area contributed by atoms with E-state index in [2.05, 4.69) is 6.92 Å². The van der Waals surface area contributed by atoms with Gasteiger partial charge >= 0.3 is 0 Å². The van der Waals surface area contributed by atoms with Crippen LogP contribution in [0.25, 0.3) is 0 Å². The highest BCUT2D eigenvalue weighted by Gasteiger charge is 2.33. The molecular weight excluding hydrogens is 262 g/mol. The molecule has 2 unspecified atom stereocenters. The molecule has 1 aliphatic heterocycles. The second kappa shape index (κ2) is 6.28. The number of carbonyl (C=O) groups is 2. The molecule has 2 heterocycles. The first-order chi connectivity index (χ1) is 9.06. The topological polar surface area (TPSA) is 50.5 Å². The molecule has 0 spiro atoms. The molecule has 19 heavy (non-hydrogen) atoms. The zero-order valence-corrected chi connectivity index (χ0v) is 12.1. The average Bonchev–Trinajstić information content (AvgIpc) is 2.95. The van der Waals surface area contributed by atoms with E-state index in [1.165, 1.54) is 11.8 Å². The Morgan fingerprint density at radius 1 is 1.63 bits per heavy atom. The number of thioether (sulfide) groups is 1. The van der Waals surface area contributed by atoms with Crippen molar-refractivity contribution >= 4 is 22.8 Å². The highest BCUT2D eigenvalue weighted by molar-refractivity contribution is 8.14. The van der Waals surface area contributed by atoms with E-state index in [1.54, 1.807) is 13.2 Å². The van der Waals surface area contributed by atoms with Gasteiger partial charge in [0, 0.05) is 37.6 Å². The predicted molar refractivity (Wildman–Crippen MR) is 74.9 cm³/mol. The van der Waals surface area contributed by atoms with E-state index in [4.69, 9.17) is 4.42 Å². The lowest BCUT2D eigenvalue weighted by Gasteiger charge is -2.24. The Kier molecular flexibility index (Phi) is 4.69. The van der Waals surface area contributed by atoms with E-state index in [0.29, 0.717) is 13.0 Å². The largest absolute Gasteiger partial charge is 0.469 e. The van der Waals surface area contributed by atoms with Crippen LogP contribution in [0.15, 0.2) is 22.8 Å². The molecule has 0 N–H and O–H groups in total. The van der Waals surface area contributed by atoms with Crippen LogP contribution in [0.5, 0.6) is 0 Å². The SMILES string of the molecule is CC(=O)SC1CC(=O)N(C(C)CCc2ccco2)C1. The molecule has 4 nitrogen and oxygen atoms in total. The summed E-state index contributed by atoms with van der Waals surface area (Å²) in [6.45, 7) is 4.29. The van der Waals surface area contributed by atoms with Crippen LogP contribution in [0.2, 0.25) is 0 Å². The zero-order chi connectivity index (χ0) is 13.8. The monoisotopic (exact) mass is 281 g/mol. The van der Waals surface area contributed by atoms with Gasteiger partial charge in [0.1, 0.15) is 5.76 Å². The molecule has 1 aromatic rings. The van der Waals surface area contributed by atoms with Gasteiger partial charge in [-0.2, -0.15) is 0 Å². The maximum atomic E-state index is 11.9. The summed E-state index contributed by atoms with van der Waals surface area (Å²) in [5.41, 5.74) is 0. The number of nitrogens with zero attached hydrogens (tertiary/aromatic N) is 1. The van der Waals surface area contributed by atoms with Gasteiger partial charge in [-0.05, 0) is 25.5 Å². The number of hydrogen-bond acceptors (Lipinski definition) is 4. The van der Waals surface area contributed by atoms with Crippen molar-refractivity contribution in [1.29, 1.82) is 0 Å². The third kappa shape index (κ3) is 3.86. The Labute approximate surface area is 117 Å². The summed E-state index contributed by atoms with van der Waals surface area (Å²) in [6.07, 6.45) is 3.87. The highest BCUT2D eigenvalue weighted by Crippen LogP contribution is 2.26. The van der Waals surface area contributed by atoms with Crippen LogP contribution in [0, 0.1) is 0 Å². The van der Waals surface area contributed by atoms with E-state index in [1.807, 2.05) is 17.0 Å². The van der Waals surface area contributed by atoms with Gasteiger partial charge in [0.2, 0.25) is 5.91 Å². The lowest BCUT2D eigenvalue weighted by Crippen LogP contribution is -2.35. The van der Waals surface area contributed by atoms with Gasteiger partial charge < -0.3 is 9.32 Å². The minimum Gasteiger partial charge on any atom is -0.469 e. The number of furan rings is 1. The molecule has 5 heteroatoms. The Morgan fingerprint density at radius 2 is 2.42 bits per heavy atom. The van der Waals surface area contributed by atoms with Crippen LogP contribution in [0.4, 0.5) is 0 Å². The number of rotatable bonds is 5. The van der Waals surface area contributed by atoms with Gasteiger partial charge in [0.05, 0.1) is 6.26 Å². The Bertz CT molecular complexity index is 444. The minimum absolute atomic E-state index is 0.0860. The standard InChI is InChI=1S/C14H19NO3S/c1-10(5-6-12-4-3-7-18-12)15-9-13(8-14(15)17)19-11(2)16/h3-4,7,10,13H,5-6,8-9H2,1-2H3. The molecule has 0 saturated carbocycles. The van der Waals surface area contributed by atoms with Gasteiger partial charge in [-0.3, -0.25) is 9.59 Å². The fraction of sp³-hybridized carbons (Fsp3) is 0.571. The molecule has 1 aromatic heterocycles. The van der Waals surface area contributed by atoms with Crippen molar-refractivity contribution in [2.45, 2.75) is 44.4 Å². The summed E-state index contributed by atoms with van der Waals surface area (Å²) < 4.78 is 5.29. The number of amides is 1. The summed E-state index contributed by atoms with van der Waals surface area (Å²) >= 11 is 1.28. The van der Waals surface area contributed by atoms with Crippen molar-refractivity contribution in [1.82, 2.24) is 4.90 Å². The fourth-order valence-electron chi connectivity index (χ4n) is 2.40. The van der Waals surface area contributed by atoms with Gasteiger partial charge in [0.25, 0.3) is 0 Å². The second-order valence-corrected chi connectivity index (χ2v) is 6.43. The Morgan fingerprint density at radius 3 is 3.05 bits per heavy atom. The zero-order valence-electron chi connectivity index (χ0n) is 11.3.